The van der Waals surface area contributed by atoms with Crippen molar-refractivity contribution in [2.45, 2.75) is 25.4 Å². The van der Waals surface area contributed by atoms with E-state index in [9.17, 15) is 9.59 Å². The highest BCUT2D eigenvalue weighted by atomic mass is 35.5. The molecule has 0 unspecified atom stereocenters. The van der Waals surface area contributed by atoms with E-state index >= 15 is 0 Å². The van der Waals surface area contributed by atoms with Gasteiger partial charge in [0.05, 0.1) is 12.5 Å². The van der Waals surface area contributed by atoms with Gasteiger partial charge in [0.2, 0.25) is 5.91 Å². The largest absolute Gasteiger partial charge is 0.481 e. The number of amides is 1. The molecule has 120 valence electrons. The molecule has 0 saturated carbocycles. The van der Waals surface area contributed by atoms with Crippen molar-refractivity contribution in [3.05, 3.63) is 58.9 Å². The first-order valence-corrected chi connectivity index (χ1v) is 7.86. The predicted molar refractivity (Wildman–Crippen MR) is 86.3 cm³/mol. The van der Waals surface area contributed by atoms with Crippen LogP contribution in [0.1, 0.15) is 30.1 Å². The average Bonchev–Trinajstić information content (AvgIpc) is 3.01. The van der Waals surface area contributed by atoms with E-state index in [1.54, 1.807) is 11.0 Å². The van der Waals surface area contributed by atoms with Crippen molar-refractivity contribution in [3.8, 4) is 0 Å². The van der Waals surface area contributed by atoms with E-state index in [0.717, 1.165) is 11.3 Å². The Morgan fingerprint density at radius 2 is 1.91 bits per heavy atom. The second kappa shape index (κ2) is 6.46. The third-order valence-corrected chi connectivity index (χ3v) is 4.46. The monoisotopic (exact) mass is 332 g/mol. The fourth-order valence-corrected chi connectivity index (χ4v) is 3.27. The van der Waals surface area contributed by atoms with Gasteiger partial charge in [0.15, 0.2) is 0 Å². The lowest BCUT2D eigenvalue weighted by Crippen LogP contribution is -2.42. The Labute approximate surface area is 139 Å². The molecule has 0 spiro atoms. The van der Waals surface area contributed by atoms with Gasteiger partial charge in [-0.05, 0) is 23.8 Å². The van der Waals surface area contributed by atoms with Gasteiger partial charge in [0.1, 0.15) is 0 Å². The number of carbonyl (C=O) groups excluding carboxylic acids is 1. The number of carbonyl (C=O) groups is 2. The van der Waals surface area contributed by atoms with Crippen LogP contribution < -0.4 is 0 Å². The maximum absolute atomic E-state index is 12.5. The van der Waals surface area contributed by atoms with Crippen molar-refractivity contribution < 1.29 is 14.7 Å². The topological polar surface area (TPSA) is 62.5 Å². The number of carboxylic acids is 1. The number of halogens is 1. The van der Waals surface area contributed by atoms with Gasteiger partial charge in [0, 0.05) is 36.4 Å². The minimum atomic E-state index is -0.965. The third kappa shape index (κ3) is 3.10. The molecule has 3 rings (SSSR count). The smallest absolute Gasteiger partial charge is 0.303 e. The van der Waals surface area contributed by atoms with Crippen molar-refractivity contribution in [2.24, 2.45) is 0 Å². The highest BCUT2D eigenvalue weighted by Crippen LogP contribution is 2.36. The Balaban J connectivity index is 1.97. The molecular formula is C17H17ClN2O3. The molecule has 5 nitrogen and oxygen atoms in total. The Bertz CT molecular complexity index is 741. The van der Waals surface area contributed by atoms with Gasteiger partial charge >= 0.3 is 5.97 Å². The van der Waals surface area contributed by atoms with Crippen LogP contribution in [0.3, 0.4) is 0 Å². The molecule has 1 amide bonds. The Morgan fingerprint density at radius 3 is 2.65 bits per heavy atom. The second-order valence-electron chi connectivity index (χ2n) is 5.53. The molecule has 1 N–H and O–H groups in total. The Hall–Kier alpha value is -2.27. The van der Waals surface area contributed by atoms with Gasteiger partial charge in [-0.15, -0.1) is 0 Å². The summed E-state index contributed by atoms with van der Waals surface area (Å²) in [5, 5.41) is 9.42. The molecule has 1 aliphatic rings. The van der Waals surface area contributed by atoms with Gasteiger partial charge in [0.25, 0.3) is 0 Å². The number of benzene rings is 1. The van der Waals surface area contributed by atoms with Crippen molar-refractivity contribution in [1.29, 1.82) is 0 Å². The van der Waals surface area contributed by atoms with Crippen LogP contribution in [0.15, 0.2) is 42.6 Å². The Kier molecular flexibility index (Phi) is 4.39. The number of hydrogen-bond donors (Lipinski definition) is 1. The van der Waals surface area contributed by atoms with Gasteiger partial charge in [-0.1, -0.05) is 29.8 Å². The minimum Gasteiger partial charge on any atom is -0.481 e. The van der Waals surface area contributed by atoms with Crippen LogP contribution in [-0.2, 0) is 16.1 Å². The molecule has 2 heterocycles. The molecule has 1 aliphatic heterocycles. The van der Waals surface area contributed by atoms with E-state index in [0.29, 0.717) is 18.1 Å². The van der Waals surface area contributed by atoms with Gasteiger partial charge < -0.3 is 14.6 Å². The highest BCUT2D eigenvalue weighted by molar-refractivity contribution is 6.31. The summed E-state index contributed by atoms with van der Waals surface area (Å²) in [6.07, 6.45) is 1.82. The fraction of sp³-hybridized carbons (Fsp3) is 0.294. The van der Waals surface area contributed by atoms with Gasteiger partial charge in [-0.3, -0.25) is 9.59 Å². The zero-order valence-corrected chi connectivity index (χ0v) is 13.2. The number of aromatic nitrogens is 1. The molecule has 6 heteroatoms. The van der Waals surface area contributed by atoms with E-state index in [1.807, 2.05) is 36.5 Å². The SMILES string of the molecule is O=C(O)CCC(=O)N1CCn2cccc2[C@@H]1c1ccccc1Cl. The molecule has 0 aliphatic carbocycles. The predicted octanol–water partition coefficient (Wildman–Crippen LogP) is 2.94. The molecule has 2 aromatic rings. The van der Waals surface area contributed by atoms with Crippen molar-refractivity contribution in [3.63, 3.8) is 0 Å². The van der Waals surface area contributed by atoms with Gasteiger partial charge in [-0.2, -0.15) is 0 Å². The zero-order valence-electron chi connectivity index (χ0n) is 12.5. The van der Waals surface area contributed by atoms with Crippen LogP contribution in [0.4, 0.5) is 0 Å². The fourth-order valence-electron chi connectivity index (χ4n) is 3.03. The van der Waals surface area contributed by atoms with E-state index in [-0.39, 0.29) is 24.8 Å². The summed E-state index contributed by atoms with van der Waals surface area (Å²) in [4.78, 5) is 25.0. The number of carboxylic acid groups (broad SMARTS) is 1. The lowest BCUT2D eigenvalue weighted by Gasteiger charge is -2.37. The van der Waals surface area contributed by atoms with Crippen molar-refractivity contribution in [1.82, 2.24) is 9.47 Å². The van der Waals surface area contributed by atoms with E-state index in [2.05, 4.69) is 4.57 Å². The molecule has 23 heavy (non-hydrogen) atoms. The summed E-state index contributed by atoms with van der Waals surface area (Å²) in [5.74, 6) is -1.13. The number of aliphatic carboxylic acids is 1. The molecule has 0 fully saturated rings. The summed E-state index contributed by atoms with van der Waals surface area (Å²) in [6.45, 7) is 1.23. The maximum Gasteiger partial charge on any atom is 0.303 e. The standard InChI is InChI=1S/C17H17ClN2O3/c18-13-5-2-1-4-12(13)17-14-6-3-9-19(14)10-11-20(17)15(21)7-8-16(22)23/h1-6,9,17H,7-8,10-11H2,(H,22,23)/t17-/m0/s1. The van der Waals surface area contributed by atoms with Crippen LogP contribution in [0.5, 0.6) is 0 Å². The van der Waals surface area contributed by atoms with Crippen LogP contribution in [0.2, 0.25) is 5.02 Å². The quantitative estimate of drug-likeness (QED) is 0.936. The first-order valence-electron chi connectivity index (χ1n) is 7.48. The Morgan fingerprint density at radius 1 is 1.13 bits per heavy atom. The van der Waals surface area contributed by atoms with Crippen molar-refractivity contribution >= 4 is 23.5 Å². The second-order valence-corrected chi connectivity index (χ2v) is 5.94. The summed E-state index contributed by atoms with van der Waals surface area (Å²) in [5.41, 5.74) is 1.85. The van der Waals surface area contributed by atoms with Crippen LogP contribution in [0.25, 0.3) is 0 Å². The molecule has 1 atom stereocenters. The van der Waals surface area contributed by atoms with Crippen LogP contribution >= 0.6 is 11.6 Å². The lowest BCUT2D eigenvalue weighted by atomic mass is 9.99. The van der Waals surface area contributed by atoms with Crippen LogP contribution in [-0.4, -0.2) is 33.0 Å². The maximum atomic E-state index is 12.5. The molecule has 1 aromatic heterocycles. The summed E-state index contributed by atoms with van der Waals surface area (Å²) in [7, 11) is 0. The number of hydrogen-bond acceptors (Lipinski definition) is 2. The number of rotatable bonds is 4. The highest BCUT2D eigenvalue weighted by Gasteiger charge is 2.33. The van der Waals surface area contributed by atoms with E-state index < -0.39 is 5.97 Å². The van der Waals surface area contributed by atoms with Crippen molar-refractivity contribution in [2.75, 3.05) is 6.54 Å². The summed E-state index contributed by atoms with van der Waals surface area (Å²) >= 11 is 6.35. The average molecular weight is 333 g/mol. The molecule has 0 bridgehead atoms. The van der Waals surface area contributed by atoms with E-state index in [1.165, 1.54) is 0 Å². The van der Waals surface area contributed by atoms with E-state index in [4.69, 9.17) is 16.7 Å². The summed E-state index contributed by atoms with van der Waals surface area (Å²) < 4.78 is 2.11. The minimum absolute atomic E-state index is 0.00298. The van der Waals surface area contributed by atoms with Gasteiger partial charge in [-0.25, -0.2) is 0 Å². The normalized spacial score (nSPS) is 16.9. The lowest BCUT2D eigenvalue weighted by molar-refractivity contribution is -0.141. The first-order chi connectivity index (χ1) is 11.1. The number of fused-ring (bicyclic) bond motifs is 1. The van der Waals surface area contributed by atoms with Crippen LogP contribution in [0, 0.1) is 0 Å². The molecule has 0 radical (unpaired) electrons. The molecule has 0 saturated heterocycles. The molecular weight excluding hydrogens is 316 g/mol. The first kappa shape index (κ1) is 15.6. The summed E-state index contributed by atoms with van der Waals surface area (Å²) in [6, 6.07) is 11.1. The molecule has 1 aromatic carbocycles. The third-order valence-electron chi connectivity index (χ3n) is 4.11. The number of nitrogens with zero attached hydrogens (tertiary/aromatic N) is 2. The zero-order chi connectivity index (χ0) is 16.4.